The zero-order chi connectivity index (χ0) is 14.6. The lowest BCUT2D eigenvalue weighted by atomic mass is 10.2. The lowest BCUT2D eigenvalue weighted by Crippen LogP contribution is -2.25. The number of nitrogens with one attached hydrogen (secondary N) is 1. The van der Waals surface area contributed by atoms with Crippen LogP contribution in [0.4, 0.5) is 5.69 Å². The van der Waals surface area contributed by atoms with Gasteiger partial charge in [-0.15, -0.1) is 5.10 Å². The molecule has 0 aliphatic carbocycles. The first kappa shape index (κ1) is 14.5. The van der Waals surface area contributed by atoms with Crippen molar-refractivity contribution in [1.29, 1.82) is 0 Å². The molecule has 1 heterocycles. The Morgan fingerprint density at radius 1 is 1.40 bits per heavy atom. The Hall–Kier alpha value is -1.93. The highest BCUT2D eigenvalue weighted by molar-refractivity contribution is 7.89. The van der Waals surface area contributed by atoms with Crippen LogP contribution in [0.2, 0.25) is 0 Å². The molecule has 0 fully saturated rings. The molecule has 1 aromatic heterocycles. The topological polar surface area (TPSA) is 103 Å². The predicted molar refractivity (Wildman–Crippen MR) is 75.4 cm³/mol. The second-order valence-electron chi connectivity index (χ2n) is 4.44. The monoisotopic (exact) mass is 295 g/mol. The van der Waals surface area contributed by atoms with Crippen molar-refractivity contribution in [3.8, 4) is 0 Å². The van der Waals surface area contributed by atoms with Crippen LogP contribution in [0.5, 0.6) is 0 Å². The Labute approximate surface area is 117 Å². The SMILES string of the molecule is Cc1cc(S(=O)(=O)NCCCn2ccnn2)ccc1N. The molecular weight excluding hydrogens is 278 g/mol. The van der Waals surface area contributed by atoms with Crippen LogP contribution in [0.15, 0.2) is 35.5 Å². The molecule has 0 bridgehead atoms. The quantitative estimate of drug-likeness (QED) is 0.598. The van der Waals surface area contributed by atoms with E-state index in [1.807, 2.05) is 0 Å². The fraction of sp³-hybridized carbons (Fsp3) is 0.333. The number of benzene rings is 1. The third-order valence-electron chi connectivity index (χ3n) is 2.88. The van der Waals surface area contributed by atoms with Gasteiger partial charge in [-0.05, 0) is 37.1 Å². The van der Waals surface area contributed by atoms with Gasteiger partial charge >= 0.3 is 0 Å². The number of hydrogen-bond acceptors (Lipinski definition) is 5. The van der Waals surface area contributed by atoms with E-state index in [9.17, 15) is 8.42 Å². The molecule has 0 spiro atoms. The zero-order valence-corrected chi connectivity index (χ0v) is 12.0. The molecule has 0 aliphatic heterocycles. The first-order chi connectivity index (χ1) is 9.49. The molecule has 7 nitrogen and oxygen atoms in total. The van der Waals surface area contributed by atoms with E-state index in [0.29, 0.717) is 25.2 Å². The lowest BCUT2D eigenvalue weighted by molar-refractivity contribution is 0.542. The van der Waals surface area contributed by atoms with Crippen LogP contribution in [0.1, 0.15) is 12.0 Å². The number of nitrogens with two attached hydrogens (primary N) is 1. The van der Waals surface area contributed by atoms with Crippen molar-refractivity contribution in [3.05, 3.63) is 36.2 Å². The maximum absolute atomic E-state index is 12.1. The van der Waals surface area contributed by atoms with Gasteiger partial charge in [0, 0.05) is 25.0 Å². The van der Waals surface area contributed by atoms with Crippen molar-refractivity contribution < 1.29 is 8.42 Å². The molecule has 0 aliphatic rings. The van der Waals surface area contributed by atoms with Gasteiger partial charge in [-0.3, -0.25) is 4.68 Å². The number of aryl methyl sites for hydroxylation is 2. The highest BCUT2D eigenvalue weighted by Gasteiger charge is 2.13. The van der Waals surface area contributed by atoms with E-state index in [0.717, 1.165) is 5.56 Å². The van der Waals surface area contributed by atoms with E-state index >= 15 is 0 Å². The summed E-state index contributed by atoms with van der Waals surface area (Å²) >= 11 is 0. The summed E-state index contributed by atoms with van der Waals surface area (Å²) in [4.78, 5) is 0.227. The van der Waals surface area contributed by atoms with E-state index in [1.165, 1.54) is 6.07 Å². The summed E-state index contributed by atoms with van der Waals surface area (Å²) < 4.78 is 28.3. The van der Waals surface area contributed by atoms with Crippen molar-refractivity contribution in [2.24, 2.45) is 0 Å². The van der Waals surface area contributed by atoms with Crippen LogP contribution in [-0.2, 0) is 16.6 Å². The van der Waals surface area contributed by atoms with Gasteiger partial charge in [0.15, 0.2) is 0 Å². The zero-order valence-electron chi connectivity index (χ0n) is 11.2. The number of sulfonamides is 1. The standard InChI is InChI=1S/C12H17N5O2S/c1-10-9-11(3-4-12(10)13)20(18,19)15-5-2-7-17-8-6-14-16-17/h3-4,6,8-9,15H,2,5,7,13H2,1H3. The molecule has 0 atom stereocenters. The molecule has 0 radical (unpaired) electrons. The molecule has 8 heteroatoms. The summed E-state index contributed by atoms with van der Waals surface area (Å²) in [6.07, 6.45) is 3.95. The maximum atomic E-state index is 12.1. The largest absolute Gasteiger partial charge is 0.399 e. The molecule has 0 saturated carbocycles. The maximum Gasteiger partial charge on any atom is 0.240 e. The summed E-state index contributed by atoms with van der Waals surface area (Å²) in [5, 5.41) is 7.48. The minimum absolute atomic E-state index is 0.227. The van der Waals surface area contributed by atoms with E-state index in [-0.39, 0.29) is 4.90 Å². The molecule has 20 heavy (non-hydrogen) atoms. The number of nitrogen functional groups attached to an aromatic ring is 1. The van der Waals surface area contributed by atoms with Crippen molar-refractivity contribution in [3.63, 3.8) is 0 Å². The molecule has 0 unspecified atom stereocenters. The minimum atomic E-state index is -3.49. The Bertz CT molecular complexity index is 667. The summed E-state index contributed by atoms with van der Waals surface area (Å²) in [6, 6.07) is 4.66. The average molecular weight is 295 g/mol. The van der Waals surface area contributed by atoms with Gasteiger partial charge in [0.1, 0.15) is 0 Å². The Balaban J connectivity index is 1.92. The average Bonchev–Trinajstić information content (AvgIpc) is 2.91. The second kappa shape index (κ2) is 6.02. The summed E-state index contributed by atoms with van der Waals surface area (Å²) in [5.41, 5.74) is 7.00. The lowest BCUT2D eigenvalue weighted by Gasteiger charge is -2.08. The molecule has 2 rings (SSSR count). The smallest absolute Gasteiger partial charge is 0.240 e. The fourth-order valence-corrected chi connectivity index (χ4v) is 2.86. The Morgan fingerprint density at radius 2 is 2.20 bits per heavy atom. The number of rotatable bonds is 6. The van der Waals surface area contributed by atoms with Crippen LogP contribution in [0, 0.1) is 6.92 Å². The van der Waals surface area contributed by atoms with E-state index in [2.05, 4.69) is 15.0 Å². The van der Waals surface area contributed by atoms with E-state index in [4.69, 9.17) is 5.73 Å². The van der Waals surface area contributed by atoms with Crippen LogP contribution >= 0.6 is 0 Å². The molecule has 2 aromatic rings. The number of nitrogens with zero attached hydrogens (tertiary/aromatic N) is 3. The second-order valence-corrected chi connectivity index (χ2v) is 6.20. The van der Waals surface area contributed by atoms with Gasteiger partial charge in [0.05, 0.1) is 11.1 Å². The third kappa shape index (κ3) is 3.55. The van der Waals surface area contributed by atoms with Crippen LogP contribution < -0.4 is 10.5 Å². The van der Waals surface area contributed by atoms with Gasteiger partial charge in [-0.1, -0.05) is 5.21 Å². The Morgan fingerprint density at radius 3 is 2.85 bits per heavy atom. The highest BCUT2D eigenvalue weighted by atomic mass is 32.2. The first-order valence-electron chi connectivity index (χ1n) is 6.19. The molecule has 3 N–H and O–H groups in total. The van der Waals surface area contributed by atoms with Gasteiger partial charge in [-0.25, -0.2) is 13.1 Å². The summed E-state index contributed by atoms with van der Waals surface area (Å²) in [6.45, 7) is 2.73. The molecule has 1 aromatic carbocycles. The molecule has 108 valence electrons. The summed E-state index contributed by atoms with van der Waals surface area (Å²) in [7, 11) is -3.49. The normalized spacial score (nSPS) is 11.7. The van der Waals surface area contributed by atoms with Gasteiger partial charge in [0.2, 0.25) is 10.0 Å². The number of anilines is 1. The van der Waals surface area contributed by atoms with Gasteiger partial charge in [0.25, 0.3) is 0 Å². The first-order valence-corrected chi connectivity index (χ1v) is 7.67. The fourth-order valence-electron chi connectivity index (χ4n) is 1.70. The summed E-state index contributed by atoms with van der Waals surface area (Å²) in [5.74, 6) is 0. The Kier molecular flexibility index (Phi) is 4.35. The van der Waals surface area contributed by atoms with Crippen LogP contribution in [0.25, 0.3) is 0 Å². The van der Waals surface area contributed by atoms with Crippen LogP contribution in [0.3, 0.4) is 0 Å². The number of aromatic nitrogens is 3. The van der Waals surface area contributed by atoms with Gasteiger partial charge < -0.3 is 5.73 Å². The van der Waals surface area contributed by atoms with Crippen LogP contribution in [-0.4, -0.2) is 30.0 Å². The molecule has 0 saturated heterocycles. The van der Waals surface area contributed by atoms with E-state index < -0.39 is 10.0 Å². The number of hydrogen-bond donors (Lipinski definition) is 2. The van der Waals surface area contributed by atoms with Crippen molar-refractivity contribution in [1.82, 2.24) is 19.7 Å². The van der Waals surface area contributed by atoms with Crippen molar-refractivity contribution in [2.45, 2.75) is 24.8 Å². The third-order valence-corrected chi connectivity index (χ3v) is 4.34. The van der Waals surface area contributed by atoms with Crippen molar-refractivity contribution >= 4 is 15.7 Å². The minimum Gasteiger partial charge on any atom is -0.399 e. The highest BCUT2D eigenvalue weighted by Crippen LogP contribution is 2.16. The van der Waals surface area contributed by atoms with E-state index in [1.54, 1.807) is 36.1 Å². The predicted octanol–water partition coefficient (Wildman–Crippen LogP) is 0.537. The molecular formula is C12H17N5O2S. The van der Waals surface area contributed by atoms with Crippen molar-refractivity contribution in [2.75, 3.05) is 12.3 Å². The molecule has 0 amide bonds. The van der Waals surface area contributed by atoms with Gasteiger partial charge in [-0.2, -0.15) is 0 Å².